The minimum absolute atomic E-state index is 0. The fourth-order valence-electron chi connectivity index (χ4n) is 2.50. The Morgan fingerprint density at radius 3 is 2.61 bits per heavy atom. The van der Waals surface area contributed by atoms with Crippen LogP contribution in [0.5, 0.6) is 0 Å². The number of tetrazole rings is 1. The van der Waals surface area contributed by atoms with E-state index < -0.39 is 6.04 Å². The number of hydrogen-bond acceptors (Lipinski definition) is 6. The predicted molar refractivity (Wildman–Crippen MR) is 87.0 cm³/mol. The molecule has 2 aromatic rings. The lowest BCUT2D eigenvalue weighted by Gasteiger charge is -2.26. The molecule has 0 spiro atoms. The van der Waals surface area contributed by atoms with Crippen LogP contribution in [0.4, 0.5) is 5.69 Å². The number of hydrogen-bond donors (Lipinski definition) is 3. The zero-order valence-electron chi connectivity index (χ0n) is 12.4. The maximum Gasteiger partial charge on any atom is 0.241 e. The molecule has 1 aliphatic heterocycles. The van der Waals surface area contributed by atoms with Crippen LogP contribution in [0.1, 0.15) is 12.8 Å². The largest absolute Gasteiger partial charge is 0.381 e. The highest BCUT2D eigenvalue weighted by atomic mass is 35.5. The van der Waals surface area contributed by atoms with Crippen molar-refractivity contribution in [3.63, 3.8) is 0 Å². The number of nitrogens with two attached hydrogens (primary N) is 1. The second kappa shape index (κ2) is 8.00. The Kier molecular flexibility index (Phi) is 6.03. The second-order valence-electron chi connectivity index (χ2n) is 5.28. The highest BCUT2D eigenvalue weighted by Crippen LogP contribution is 2.20. The van der Waals surface area contributed by atoms with E-state index in [1.807, 2.05) is 12.1 Å². The van der Waals surface area contributed by atoms with Crippen LogP contribution in [-0.4, -0.2) is 45.8 Å². The van der Waals surface area contributed by atoms with Crippen LogP contribution in [0.3, 0.4) is 0 Å². The van der Waals surface area contributed by atoms with Crippen molar-refractivity contribution < 1.29 is 9.53 Å². The number of benzene rings is 1. The highest BCUT2D eigenvalue weighted by molar-refractivity contribution is 5.95. The maximum atomic E-state index is 12.2. The summed E-state index contributed by atoms with van der Waals surface area (Å²) in [7, 11) is 0. The van der Waals surface area contributed by atoms with Crippen LogP contribution >= 0.6 is 12.4 Å². The number of carbonyl (C=O) groups is 1. The summed E-state index contributed by atoms with van der Waals surface area (Å²) in [6, 6.07) is 6.71. The molecule has 0 bridgehead atoms. The van der Waals surface area contributed by atoms with Crippen LogP contribution in [0, 0.1) is 5.92 Å². The molecule has 4 N–H and O–H groups in total. The number of nitrogens with zero attached hydrogens (tertiary/aromatic N) is 3. The van der Waals surface area contributed by atoms with Crippen LogP contribution in [-0.2, 0) is 9.53 Å². The van der Waals surface area contributed by atoms with Crippen molar-refractivity contribution in [2.24, 2.45) is 11.7 Å². The summed E-state index contributed by atoms with van der Waals surface area (Å²) in [5.41, 5.74) is 7.56. The van der Waals surface area contributed by atoms with Gasteiger partial charge in [0.05, 0.1) is 6.04 Å². The highest BCUT2D eigenvalue weighted by Gasteiger charge is 2.26. The van der Waals surface area contributed by atoms with E-state index in [4.69, 9.17) is 10.5 Å². The van der Waals surface area contributed by atoms with Gasteiger partial charge in [-0.25, -0.2) is 0 Å². The van der Waals surface area contributed by atoms with Crippen molar-refractivity contribution in [2.45, 2.75) is 18.9 Å². The number of halogens is 1. The average Bonchev–Trinajstić information content (AvgIpc) is 3.10. The van der Waals surface area contributed by atoms with Gasteiger partial charge in [-0.05, 0) is 48.2 Å². The first kappa shape index (κ1) is 17.3. The molecule has 1 aromatic heterocycles. The standard InChI is InChI=1S/C14H18N6O2.ClH/c15-12(9-5-7-22-8-6-9)14(21)16-11-3-1-10(2-4-11)13-17-19-20-18-13;/h1-4,9,12H,5-8,15H2,(H,16,21)(H,17,18,19,20);1H. The molecular weight excluding hydrogens is 320 g/mol. The second-order valence-corrected chi connectivity index (χ2v) is 5.28. The number of nitrogens with one attached hydrogen (secondary N) is 2. The molecule has 1 unspecified atom stereocenters. The minimum Gasteiger partial charge on any atom is -0.381 e. The summed E-state index contributed by atoms with van der Waals surface area (Å²) >= 11 is 0. The van der Waals surface area contributed by atoms with Gasteiger partial charge in [0.15, 0.2) is 0 Å². The summed E-state index contributed by atoms with van der Waals surface area (Å²) in [6.07, 6.45) is 1.65. The number of anilines is 1. The summed E-state index contributed by atoms with van der Waals surface area (Å²) in [5, 5.41) is 16.6. The molecule has 1 aliphatic rings. The Hall–Kier alpha value is -2.03. The van der Waals surface area contributed by atoms with E-state index in [2.05, 4.69) is 25.9 Å². The van der Waals surface area contributed by atoms with Gasteiger partial charge in [-0.1, -0.05) is 0 Å². The number of aromatic amines is 1. The molecule has 0 radical (unpaired) electrons. The van der Waals surface area contributed by atoms with Gasteiger partial charge in [-0.2, -0.15) is 5.21 Å². The average molecular weight is 339 g/mol. The Bertz CT molecular complexity index is 613. The van der Waals surface area contributed by atoms with Gasteiger partial charge in [-0.15, -0.1) is 22.6 Å². The van der Waals surface area contributed by atoms with Gasteiger partial charge >= 0.3 is 0 Å². The Morgan fingerprint density at radius 2 is 2.00 bits per heavy atom. The Balaban J connectivity index is 0.00000192. The molecule has 9 heteroatoms. The first-order valence-corrected chi connectivity index (χ1v) is 7.22. The molecule has 8 nitrogen and oxygen atoms in total. The first-order chi connectivity index (χ1) is 10.7. The lowest BCUT2D eigenvalue weighted by Crippen LogP contribution is -2.43. The minimum atomic E-state index is -0.513. The lowest BCUT2D eigenvalue weighted by molar-refractivity contribution is -0.119. The van der Waals surface area contributed by atoms with Crippen LogP contribution in [0.25, 0.3) is 11.4 Å². The third-order valence-corrected chi connectivity index (χ3v) is 3.83. The van der Waals surface area contributed by atoms with Gasteiger partial charge < -0.3 is 15.8 Å². The third kappa shape index (κ3) is 4.25. The summed E-state index contributed by atoms with van der Waals surface area (Å²) in [6.45, 7) is 1.34. The van der Waals surface area contributed by atoms with Crippen molar-refractivity contribution in [3.8, 4) is 11.4 Å². The van der Waals surface area contributed by atoms with E-state index in [0.717, 1.165) is 18.4 Å². The summed E-state index contributed by atoms with van der Waals surface area (Å²) in [5.74, 6) is 0.517. The molecular formula is C14H19ClN6O2. The summed E-state index contributed by atoms with van der Waals surface area (Å²) < 4.78 is 5.29. The van der Waals surface area contributed by atoms with Crippen molar-refractivity contribution in [3.05, 3.63) is 24.3 Å². The number of ether oxygens (including phenoxy) is 1. The van der Waals surface area contributed by atoms with E-state index >= 15 is 0 Å². The topological polar surface area (TPSA) is 119 Å². The predicted octanol–water partition coefficient (Wildman–Crippen LogP) is 0.981. The first-order valence-electron chi connectivity index (χ1n) is 7.22. The van der Waals surface area contributed by atoms with E-state index in [0.29, 0.717) is 24.7 Å². The molecule has 1 saturated heterocycles. The zero-order valence-corrected chi connectivity index (χ0v) is 13.3. The monoisotopic (exact) mass is 338 g/mol. The van der Waals surface area contributed by atoms with Gasteiger partial charge in [-0.3, -0.25) is 4.79 Å². The fourth-order valence-corrected chi connectivity index (χ4v) is 2.50. The molecule has 23 heavy (non-hydrogen) atoms. The van der Waals surface area contributed by atoms with E-state index in [1.54, 1.807) is 12.1 Å². The molecule has 1 atom stereocenters. The lowest BCUT2D eigenvalue weighted by atomic mass is 9.92. The molecule has 3 rings (SSSR count). The molecule has 0 saturated carbocycles. The third-order valence-electron chi connectivity index (χ3n) is 3.83. The van der Waals surface area contributed by atoms with Gasteiger partial charge in [0.25, 0.3) is 0 Å². The van der Waals surface area contributed by atoms with Gasteiger partial charge in [0, 0.05) is 24.5 Å². The number of amides is 1. The Morgan fingerprint density at radius 1 is 1.30 bits per heavy atom. The van der Waals surface area contributed by atoms with Crippen LogP contribution in [0.2, 0.25) is 0 Å². The summed E-state index contributed by atoms with van der Waals surface area (Å²) in [4.78, 5) is 12.2. The smallest absolute Gasteiger partial charge is 0.241 e. The number of rotatable bonds is 4. The van der Waals surface area contributed by atoms with Crippen molar-refractivity contribution in [1.82, 2.24) is 20.6 Å². The van der Waals surface area contributed by atoms with Gasteiger partial charge in [0.1, 0.15) is 0 Å². The fraction of sp³-hybridized carbons (Fsp3) is 0.429. The molecule has 124 valence electrons. The van der Waals surface area contributed by atoms with Crippen molar-refractivity contribution >= 4 is 24.0 Å². The SMILES string of the molecule is Cl.NC(C(=O)Nc1ccc(-c2nn[nH]n2)cc1)C1CCOCC1. The molecule has 1 aromatic carbocycles. The molecule has 1 fully saturated rings. The van der Waals surface area contributed by atoms with E-state index in [9.17, 15) is 4.79 Å². The number of carbonyl (C=O) groups excluding carboxylic acids is 1. The number of H-pyrrole nitrogens is 1. The van der Waals surface area contributed by atoms with Crippen LogP contribution < -0.4 is 11.1 Å². The van der Waals surface area contributed by atoms with Crippen molar-refractivity contribution in [2.75, 3.05) is 18.5 Å². The zero-order chi connectivity index (χ0) is 15.4. The quantitative estimate of drug-likeness (QED) is 0.764. The van der Waals surface area contributed by atoms with E-state index in [-0.39, 0.29) is 24.2 Å². The molecule has 1 amide bonds. The number of aromatic nitrogens is 4. The maximum absolute atomic E-state index is 12.2. The van der Waals surface area contributed by atoms with Crippen molar-refractivity contribution in [1.29, 1.82) is 0 Å². The van der Waals surface area contributed by atoms with Crippen LogP contribution in [0.15, 0.2) is 24.3 Å². The Labute approximate surface area is 139 Å². The van der Waals surface area contributed by atoms with E-state index in [1.165, 1.54) is 0 Å². The normalized spacial score (nSPS) is 16.4. The molecule has 2 heterocycles. The molecule has 0 aliphatic carbocycles. The van der Waals surface area contributed by atoms with Gasteiger partial charge in [0.2, 0.25) is 11.7 Å².